The highest BCUT2D eigenvalue weighted by Crippen LogP contribution is 2.32. The minimum absolute atomic E-state index is 0.0959. The van der Waals surface area contributed by atoms with E-state index < -0.39 is 0 Å². The number of nitrogens with one attached hydrogen (secondary N) is 1. The predicted molar refractivity (Wildman–Crippen MR) is 76.7 cm³/mol. The summed E-state index contributed by atoms with van der Waals surface area (Å²) in [6.45, 7) is 6.96. The normalized spacial score (nSPS) is 12.4. The van der Waals surface area contributed by atoms with E-state index in [0.717, 1.165) is 29.4 Å². The molecule has 2 aromatic rings. The second-order valence-corrected chi connectivity index (χ2v) is 4.60. The molecule has 0 amide bonds. The van der Waals surface area contributed by atoms with E-state index >= 15 is 0 Å². The van der Waals surface area contributed by atoms with Crippen LogP contribution in [0.5, 0.6) is 5.75 Å². The topological polar surface area (TPSA) is 34.4 Å². The van der Waals surface area contributed by atoms with E-state index in [-0.39, 0.29) is 6.04 Å². The Morgan fingerprint density at radius 3 is 2.53 bits per heavy atom. The summed E-state index contributed by atoms with van der Waals surface area (Å²) in [6.07, 6.45) is 0. The van der Waals surface area contributed by atoms with E-state index in [4.69, 9.17) is 9.15 Å². The molecule has 3 heteroatoms. The summed E-state index contributed by atoms with van der Waals surface area (Å²) in [7, 11) is 1.70. The largest absolute Gasteiger partial charge is 0.496 e. The molecule has 3 nitrogen and oxygen atoms in total. The van der Waals surface area contributed by atoms with Gasteiger partial charge >= 0.3 is 0 Å². The summed E-state index contributed by atoms with van der Waals surface area (Å²) < 4.78 is 11.1. The van der Waals surface area contributed by atoms with Crippen LogP contribution in [0.1, 0.15) is 35.6 Å². The highest BCUT2D eigenvalue weighted by molar-refractivity contribution is 5.42. The average molecular weight is 259 g/mol. The minimum atomic E-state index is 0.0959. The van der Waals surface area contributed by atoms with Crippen molar-refractivity contribution in [2.24, 2.45) is 0 Å². The van der Waals surface area contributed by atoms with E-state index in [1.54, 1.807) is 7.11 Å². The molecule has 0 saturated heterocycles. The molecule has 1 heterocycles. The summed E-state index contributed by atoms with van der Waals surface area (Å²) in [5.41, 5.74) is 2.31. The molecule has 0 bridgehead atoms. The van der Waals surface area contributed by atoms with Crippen LogP contribution in [0.25, 0.3) is 0 Å². The van der Waals surface area contributed by atoms with Crippen LogP contribution in [0.4, 0.5) is 0 Å². The van der Waals surface area contributed by atoms with Crippen LogP contribution in [0.2, 0.25) is 0 Å². The Morgan fingerprint density at radius 1 is 1.21 bits per heavy atom. The number of ether oxygens (including phenoxy) is 1. The Bertz CT molecular complexity index is 545. The van der Waals surface area contributed by atoms with Crippen molar-refractivity contribution in [1.29, 1.82) is 0 Å². The molecule has 2 rings (SSSR count). The molecule has 0 spiro atoms. The smallest absolute Gasteiger partial charge is 0.123 e. The number of hydrogen-bond donors (Lipinski definition) is 1. The molecule has 0 fully saturated rings. The Hall–Kier alpha value is -1.74. The molecule has 1 aromatic heterocycles. The number of para-hydroxylation sites is 1. The van der Waals surface area contributed by atoms with Crippen LogP contribution in [-0.2, 0) is 0 Å². The van der Waals surface area contributed by atoms with Crippen molar-refractivity contribution in [2.75, 3.05) is 13.7 Å². The minimum Gasteiger partial charge on any atom is -0.496 e. The quantitative estimate of drug-likeness (QED) is 0.890. The molecule has 0 aliphatic carbocycles. The average Bonchev–Trinajstić information content (AvgIpc) is 2.75. The van der Waals surface area contributed by atoms with Crippen molar-refractivity contribution in [3.05, 3.63) is 53.0 Å². The van der Waals surface area contributed by atoms with Gasteiger partial charge < -0.3 is 14.5 Å². The van der Waals surface area contributed by atoms with Gasteiger partial charge in [0, 0.05) is 11.1 Å². The third-order valence-electron chi connectivity index (χ3n) is 3.25. The fourth-order valence-electron chi connectivity index (χ4n) is 2.43. The number of furan rings is 1. The first-order valence-corrected chi connectivity index (χ1v) is 6.60. The lowest BCUT2D eigenvalue weighted by Crippen LogP contribution is -2.22. The lowest BCUT2D eigenvalue weighted by atomic mass is 9.98. The summed E-state index contributed by atoms with van der Waals surface area (Å²) in [5, 5.41) is 3.50. The van der Waals surface area contributed by atoms with Crippen LogP contribution < -0.4 is 10.1 Å². The predicted octanol–water partition coefficient (Wildman–Crippen LogP) is 3.60. The summed E-state index contributed by atoms with van der Waals surface area (Å²) >= 11 is 0. The van der Waals surface area contributed by atoms with Crippen molar-refractivity contribution in [3.8, 4) is 5.75 Å². The lowest BCUT2D eigenvalue weighted by Gasteiger charge is -2.20. The first-order chi connectivity index (χ1) is 9.17. The summed E-state index contributed by atoms with van der Waals surface area (Å²) in [5.74, 6) is 2.78. The highest BCUT2D eigenvalue weighted by atomic mass is 16.5. The number of aryl methyl sites for hydroxylation is 2. The van der Waals surface area contributed by atoms with Gasteiger partial charge in [0.25, 0.3) is 0 Å². The molecule has 1 unspecified atom stereocenters. The van der Waals surface area contributed by atoms with E-state index in [2.05, 4.69) is 24.4 Å². The van der Waals surface area contributed by atoms with Crippen LogP contribution in [0.3, 0.4) is 0 Å². The molecular weight excluding hydrogens is 238 g/mol. The lowest BCUT2D eigenvalue weighted by molar-refractivity contribution is 0.403. The molecule has 0 saturated carbocycles. The van der Waals surface area contributed by atoms with Gasteiger partial charge in [-0.25, -0.2) is 0 Å². The molecule has 102 valence electrons. The van der Waals surface area contributed by atoms with E-state index in [1.165, 1.54) is 5.56 Å². The van der Waals surface area contributed by atoms with E-state index in [1.807, 2.05) is 32.0 Å². The third-order valence-corrected chi connectivity index (χ3v) is 3.25. The number of hydrogen-bond acceptors (Lipinski definition) is 3. The Kier molecular flexibility index (Phi) is 4.27. The third kappa shape index (κ3) is 2.82. The molecule has 1 N–H and O–H groups in total. The standard InChI is InChI=1S/C16H21NO2/c1-5-17-16(14-10-11(2)19-12(14)3)13-8-6-7-9-15(13)18-4/h6-10,16-17H,5H2,1-4H3. The Balaban J connectivity index is 2.48. The zero-order chi connectivity index (χ0) is 13.8. The van der Waals surface area contributed by atoms with Gasteiger partial charge in [-0.2, -0.15) is 0 Å². The number of methoxy groups -OCH3 is 1. The van der Waals surface area contributed by atoms with Crippen LogP contribution in [0.15, 0.2) is 34.7 Å². The van der Waals surface area contributed by atoms with Crippen molar-refractivity contribution in [1.82, 2.24) is 5.32 Å². The van der Waals surface area contributed by atoms with Crippen LogP contribution in [-0.4, -0.2) is 13.7 Å². The maximum Gasteiger partial charge on any atom is 0.123 e. The van der Waals surface area contributed by atoms with Crippen LogP contribution in [0, 0.1) is 13.8 Å². The fourth-order valence-corrected chi connectivity index (χ4v) is 2.43. The maximum absolute atomic E-state index is 5.66. The van der Waals surface area contributed by atoms with E-state index in [9.17, 15) is 0 Å². The molecule has 19 heavy (non-hydrogen) atoms. The second kappa shape index (κ2) is 5.93. The summed E-state index contributed by atoms with van der Waals surface area (Å²) in [6, 6.07) is 10.3. The molecule has 1 aromatic carbocycles. The van der Waals surface area contributed by atoms with Gasteiger partial charge in [0.15, 0.2) is 0 Å². The van der Waals surface area contributed by atoms with Crippen LogP contribution >= 0.6 is 0 Å². The van der Waals surface area contributed by atoms with Gasteiger partial charge in [-0.05, 0) is 32.5 Å². The summed E-state index contributed by atoms with van der Waals surface area (Å²) in [4.78, 5) is 0. The van der Waals surface area contributed by atoms with Crippen molar-refractivity contribution >= 4 is 0 Å². The monoisotopic (exact) mass is 259 g/mol. The Morgan fingerprint density at radius 2 is 1.95 bits per heavy atom. The molecule has 1 atom stereocenters. The molecule has 0 aliphatic heterocycles. The fraction of sp³-hybridized carbons (Fsp3) is 0.375. The van der Waals surface area contributed by atoms with Crippen molar-refractivity contribution in [2.45, 2.75) is 26.8 Å². The molecular formula is C16H21NO2. The first kappa shape index (κ1) is 13.7. The molecule has 0 radical (unpaired) electrons. The SMILES string of the molecule is CCNC(c1ccccc1OC)c1cc(C)oc1C. The van der Waals surface area contributed by atoms with Gasteiger partial charge in [-0.1, -0.05) is 25.1 Å². The maximum atomic E-state index is 5.66. The Labute approximate surface area is 114 Å². The van der Waals surface area contributed by atoms with Crippen molar-refractivity contribution < 1.29 is 9.15 Å². The first-order valence-electron chi connectivity index (χ1n) is 6.60. The second-order valence-electron chi connectivity index (χ2n) is 4.60. The number of rotatable bonds is 5. The zero-order valence-electron chi connectivity index (χ0n) is 12.0. The van der Waals surface area contributed by atoms with Crippen molar-refractivity contribution in [3.63, 3.8) is 0 Å². The van der Waals surface area contributed by atoms with Gasteiger partial charge in [-0.15, -0.1) is 0 Å². The van der Waals surface area contributed by atoms with Gasteiger partial charge in [0.2, 0.25) is 0 Å². The van der Waals surface area contributed by atoms with Gasteiger partial charge in [0.05, 0.1) is 13.2 Å². The van der Waals surface area contributed by atoms with Gasteiger partial charge in [-0.3, -0.25) is 0 Å². The van der Waals surface area contributed by atoms with Gasteiger partial charge in [0.1, 0.15) is 17.3 Å². The number of benzene rings is 1. The van der Waals surface area contributed by atoms with E-state index in [0.29, 0.717) is 0 Å². The highest BCUT2D eigenvalue weighted by Gasteiger charge is 2.21. The zero-order valence-corrected chi connectivity index (χ0v) is 12.0. The molecule has 0 aliphatic rings.